The Balaban J connectivity index is 1.20. The van der Waals surface area contributed by atoms with Crippen molar-refractivity contribution in [2.45, 2.75) is 173 Å². The first-order valence-electron chi connectivity index (χ1n) is 21.1. The van der Waals surface area contributed by atoms with Crippen LogP contribution in [0.15, 0.2) is 11.6 Å². The Hall–Kier alpha value is -1.80. The zero-order valence-corrected chi connectivity index (χ0v) is 34.4. The van der Waals surface area contributed by atoms with Crippen LogP contribution >= 0.6 is 0 Å². The number of rotatable bonds is 6. The molecule has 20 atom stereocenters. The van der Waals surface area contributed by atoms with E-state index in [0.29, 0.717) is 51.4 Å². The number of allylic oxidation sites excluding steroid dienone is 1. The highest BCUT2D eigenvalue weighted by Crippen LogP contribution is 2.76. The molecule has 2 aliphatic heterocycles. The van der Waals surface area contributed by atoms with Gasteiger partial charge in [-0.15, -0.1) is 0 Å². The lowest BCUT2D eigenvalue weighted by Gasteiger charge is -2.71. The minimum absolute atomic E-state index is 0.0123. The van der Waals surface area contributed by atoms with Crippen LogP contribution in [-0.4, -0.2) is 150 Å². The van der Waals surface area contributed by atoms with Crippen molar-refractivity contribution in [1.29, 1.82) is 0 Å². The zero-order valence-electron chi connectivity index (χ0n) is 34.4. The second kappa shape index (κ2) is 14.9. The highest BCUT2D eigenvalue weighted by molar-refractivity contribution is 5.79. The Morgan fingerprint density at radius 2 is 1.19 bits per heavy atom. The Labute approximate surface area is 339 Å². The van der Waals surface area contributed by atoms with E-state index in [-0.39, 0.29) is 18.3 Å². The topological polar surface area (TPSA) is 273 Å². The molecule has 0 bridgehead atoms. The third kappa shape index (κ3) is 6.13. The number of esters is 2. The molecule has 6 fully saturated rings. The van der Waals surface area contributed by atoms with Gasteiger partial charge in [0.2, 0.25) is 12.6 Å². The van der Waals surface area contributed by atoms with Crippen molar-refractivity contribution < 1.29 is 79.6 Å². The monoisotopic (exact) mass is 826 g/mol. The molecular weight excluding hydrogens is 760 g/mol. The average molecular weight is 827 g/mol. The predicted molar refractivity (Wildman–Crippen MR) is 200 cm³/mol. The summed E-state index contributed by atoms with van der Waals surface area (Å²) >= 11 is 0. The fraction of sp³-hybridized carbons (Fsp3) is 0.905. The summed E-state index contributed by atoms with van der Waals surface area (Å²) in [6.45, 7) is 10.9. The van der Waals surface area contributed by atoms with Crippen LogP contribution in [0.25, 0.3) is 0 Å². The minimum atomic E-state index is -1.79. The molecule has 16 nitrogen and oxygen atoms in total. The number of carbonyl (C=O) groups is 2. The van der Waals surface area contributed by atoms with Crippen molar-refractivity contribution in [1.82, 2.24) is 0 Å². The predicted octanol–water partition coefficient (Wildman–Crippen LogP) is -0.214. The number of ether oxygens (including phenoxy) is 4. The average Bonchev–Trinajstić information content (AvgIpc) is 3.18. The number of hydrogen-bond donors (Lipinski definition) is 10. The second-order valence-electron chi connectivity index (χ2n) is 20.4. The molecule has 330 valence electrons. The summed E-state index contributed by atoms with van der Waals surface area (Å²) in [5, 5.41) is 106. The smallest absolute Gasteiger partial charge is 0.317 e. The Morgan fingerprint density at radius 1 is 0.655 bits per heavy atom. The van der Waals surface area contributed by atoms with Crippen LogP contribution in [0.5, 0.6) is 0 Å². The van der Waals surface area contributed by atoms with Crippen LogP contribution in [0.2, 0.25) is 0 Å². The quantitative estimate of drug-likeness (QED) is 0.123. The van der Waals surface area contributed by atoms with Gasteiger partial charge in [0.1, 0.15) is 48.8 Å². The SMILES string of the molecule is CC1(C)CC[C@]2(C(=O)O[C@@H]3O[C@H](CO)[C@@H](O)[C@H](O)[C@H]3O)CC[C@]3(C)C(=CC[C@@H]4[C@@]5(C)CC[C@H](O)[C@](C)(C(=O)O[C@@H]6O[C@H](CO)[C@@H](O)[C@H](O)[C@H]6O)[C@@H]5CC[C@]43C)[C@@H]2[C@@H]1O. The van der Waals surface area contributed by atoms with E-state index in [1.807, 2.05) is 13.8 Å². The molecule has 0 aromatic rings. The largest absolute Gasteiger partial charge is 0.432 e. The molecule has 0 aromatic heterocycles. The lowest BCUT2D eigenvalue weighted by Crippen LogP contribution is -2.68. The Bertz CT molecular complexity index is 1620. The number of hydrogen-bond acceptors (Lipinski definition) is 16. The first kappa shape index (κ1) is 44.3. The van der Waals surface area contributed by atoms with Gasteiger partial charge in [0, 0.05) is 5.92 Å². The molecule has 2 heterocycles. The first-order chi connectivity index (χ1) is 27.0. The molecule has 16 heteroatoms. The summed E-state index contributed by atoms with van der Waals surface area (Å²) in [5.74, 6) is -2.55. The molecule has 7 rings (SSSR count). The van der Waals surface area contributed by atoms with Crippen LogP contribution < -0.4 is 0 Å². The van der Waals surface area contributed by atoms with E-state index in [9.17, 15) is 60.7 Å². The van der Waals surface area contributed by atoms with E-state index in [1.54, 1.807) is 6.92 Å². The van der Waals surface area contributed by atoms with Gasteiger partial charge in [-0.2, -0.15) is 0 Å². The fourth-order valence-electron chi connectivity index (χ4n) is 13.3. The summed E-state index contributed by atoms with van der Waals surface area (Å²) in [6, 6.07) is 0. The van der Waals surface area contributed by atoms with Crippen molar-refractivity contribution >= 4 is 11.9 Å². The van der Waals surface area contributed by atoms with E-state index in [4.69, 9.17) is 18.9 Å². The van der Waals surface area contributed by atoms with E-state index in [2.05, 4.69) is 26.8 Å². The van der Waals surface area contributed by atoms with Gasteiger partial charge in [0.25, 0.3) is 0 Å². The molecule has 0 radical (unpaired) electrons. The summed E-state index contributed by atoms with van der Waals surface area (Å²) in [5.41, 5.74) is -3.70. The normalized spacial score (nSPS) is 53.8. The van der Waals surface area contributed by atoms with Crippen molar-refractivity contribution in [3.63, 3.8) is 0 Å². The van der Waals surface area contributed by atoms with Crippen LogP contribution in [0, 0.1) is 50.2 Å². The maximum atomic E-state index is 14.6. The van der Waals surface area contributed by atoms with Crippen molar-refractivity contribution in [2.75, 3.05) is 13.2 Å². The van der Waals surface area contributed by atoms with Gasteiger partial charge in [0.05, 0.1) is 36.3 Å². The van der Waals surface area contributed by atoms with Gasteiger partial charge in [0.15, 0.2) is 0 Å². The van der Waals surface area contributed by atoms with Gasteiger partial charge in [-0.3, -0.25) is 9.59 Å². The third-order valence-corrected chi connectivity index (χ3v) is 17.5. The summed E-state index contributed by atoms with van der Waals surface area (Å²) in [7, 11) is 0. The Kier molecular flexibility index (Phi) is 11.4. The molecule has 7 aliphatic rings. The van der Waals surface area contributed by atoms with Gasteiger partial charge >= 0.3 is 11.9 Å². The standard InChI is InChI=1S/C42H66O16/c1-37(2)13-15-42(36(54)58-34-31(51)29(49)27(47)21(18-44)56-34)16-14-39(4)19(25(42)32(37)52)7-8-22-38(3)11-10-24(45)41(6,23(38)9-12-40(22,39)5)35(53)57-33-30(50)28(48)26(46)20(17-43)55-33/h7,20-34,43-52H,8-18H2,1-6H3/t20-,21-,22-,23-,24+,25-,26-,27-,28+,29+,30-,31-,32+,33+,34+,38-,39-,40-,41-,42+/m1/s1. The molecule has 10 N–H and O–H groups in total. The lowest BCUT2D eigenvalue weighted by atomic mass is 9.33. The molecular formula is C42H66O16. The van der Waals surface area contributed by atoms with Gasteiger partial charge in [-0.1, -0.05) is 46.3 Å². The maximum absolute atomic E-state index is 14.6. The molecule has 2 saturated heterocycles. The highest BCUT2D eigenvalue weighted by atomic mass is 16.7. The van der Waals surface area contributed by atoms with E-state index in [1.165, 1.54) is 0 Å². The van der Waals surface area contributed by atoms with Crippen LogP contribution in [0.3, 0.4) is 0 Å². The van der Waals surface area contributed by atoms with Gasteiger partial charge < -0.3 is 70.0 Å². The van der Waals surface area contributed by atoms with Gasteiger partial charge in [-0.05, 0) is 98.2 Å². The molecule has 0 amide bonds. The summed E-state index contributed by atoms with van der Waals surface area (Å²) in [4.78, 5) is 28.9. The molecule has 58 heavy (non-hydrogen) atoms. The number of carbonyl (C=O) groups excluding carboxylic acids is 2. The maximum Gasteiger partial charge on any atom is 0.317 e. The lowest BCUT2D eigenvalue weighted by molar-refractivity contribution is -0.301. The van der Waals surface area contributed by atoms with E-state index >= 15 is 0 Å². The highest BCUT2D eigenvalue weighted by Gasteiger charge is 2.72. The van der Waals surface area contributed by atoms with Crippen molar-refractivity contribution in [2.24, 2.45) is 50.2 Å². The molecule has 0 unspecified atom stereocenters. The third-order valence-electron chi connectivity index (χ3n) is 17.5. The van der Waals surface area contributed by atoms with Crippen molar-refractivity contribution in [3.8, 4) is 0 Å². The second-order valence-corrected chi connectivity index (χ2v) is 20.4. The molecule has 0 spiro atoms. The van der Waals surface area contributed by atoms with E-state index in [0.717, 1.165) is 5.57 Å². The van der Waals surface area contributed by atoms with Crippen molar-refractivity contribution in [3.05, 3.63) is 11.6 Å². The molecule has 5 aliphatic carbocycles. The molecule has 0 aromatic carbocycles. The molecule has 4 saturated carbocycles. The number of aliphatic hydroxyl groups excluding tert-OH is 10. The van der Waals surface area contributed by atoms with Crippen LogP contribution in [-0.2, 0) is 28.5 Å². The van der Waals surface area contributed by atoms with Crippen LogP contribution in [0.1, 0.15) is 99.3 Å². The fourth-order valence-corrected chi connectivity index (χ4v) is 13.3. The first-order valence-corrected chi connectivity index (χ1v) is 21.1. The zero-order chi connectivity index (χ0) is 42.7. The van der Waals surface area contributed by atoms with E-state index < -0.39 is 137 Å². The Morgan fingerprint density at radius 3 is 1.74 bits per heavy atom. The number of fused-ring (bicyclic) bond motifs is 7. The summed E-state index contributed by atoms with van der Waals surface area (Å²) < 4.78 is 22.7. The van der Waals surface area contributed by atoms with Gasteiger partial charge in [-0.25, -0.2) is 0 Å². The number of aliphatic hydroxyl groups is 10. The summed E-state index contributed by atoms with van der Waals surface area (Å²) in [6.07, 6.45) is -11.6. The minimum Gasteiger partial charge on any atom is -0.432 e. The van der Waals surface area contributed by atoms with Crippen LogP contribution in [0.4, 0.5) is 0 Å².